The van der Waals surface area contributed by atoms with E-state index >= 15 is 0 Å². The summed E-state index contributed by atoms with van der Waals surface area (Å²) in [6.45, 7) is 4.86. The quantitative estimate of drug-likeness (QED) is 0.669. The van der Waals surface area contributed by atoms with Gasteiger partial charge in [-0.15, -0.1) is 0 Å². The molecule has 4 rings (SSSR count). The van der Waals surface area contributed by atoms with Gasteiger partial charge in [0.2, 0.25) is 0 Å². The second-order valence-electron chi connectivity index (χ2n) is 8.43. The first-order valence-electron chi connectivity index (χ1n) is 8.80. The van der Waals surface area contributed by atoms with Gasteiger partial charge in [0.1, 0.15) is 0 Å². The van der Waals surface area contributed by atoms with Crippen LogP contribution in [0.2, 0.25) is 0 Å². The fourth-order valence-electron chi connectivity index (χ4n) is 6.06. The molecule has 0 amide bonds. The van der Waals surface area contributed by atoms with Crippen molar-refractivity contribution in [2.24, 2.45) is 28.4 Å². The lowest BCUT2D eigenvalue weighted by molar-refractivity contribution is 0.102. The molecule has 0 aromatic carbocycles. The first kappa shape index (κ1) is 14.0. The largest absolute Gasteiger partial charge is 0.389 e. The van der Waals surface area contributed by atoms with Crippen LogP contribution in [0, 0.1) is 22.7 Å². The molecule has 2 heteroatoms. The monoisotopic (exact) mass is 287 g/mol. The highest BCUT2D eigenvalue weighted by Gasteiger charge is 2.53. The standard InChI is InChI=1S/C19H29NO/c1-18-9-7-13(21)11-12(18)3-4-14-15-5-6-17(20)19(15,2)10-8-16(14)18/h7,9,12-13,15,17,21H,3-6,8,10-11,20H2,1-2H3/t12-,13+,15+,17+,18+,19+/m1/s1. The molecule has 6 atom stereocenters. The third-order valence-electron chi connectivity index (χ3n) is 7.58. The number of hydrogen-bond donors (Lipinski definition) is 2. The number of aliphatic hydroxyl groups is 1. The summed E-state index contributed by atoms with van der Waals surface area (Å²) in [4.78, 5) is 0. The van der Waals surface area contributed by atoms with Crippen molar-refractivity contribution in [2.45, 2.75) is 70.9 Å². The lowest BCUT2D eigenvalue weighted by Crippen LogP contribution is -2.46. The van der Waals surface area contributed by atoms with E-state index in [4.69, 9.17) is 5.73 Å². The summed E-state index contributed by atoms with van der Waals surface area (Å²) in [6.07, 6.45) is 12.6. The van der Waals surface area contributed by atoms with Crippen molar-refractivity contribution in [1.82, 2.24) is 0 Å². The molecule has 21 heavy (non-hydrogen) atoms. The molecule has 4 aliphatic rings. The van der Waals surface area contributed by atoms with Crippen LogP contribution in [0.5, 0.6) is 0 Å². The van der Waals surface area contributed by atoms with Crippen LogP contribution < -0.4 is 5.73 Å². The molecule has 2 nitrogen and oxygen atoms in total. The van der Waals surface area contributed by atoms with Crippen LogP contribution >= 0.6 is 0 Å². The van der Waals surface area contributed by atoms with Gasteiger partial charge in [-0.2, -0.15) is 0 Å². The van der Waals surface area contributed by atoms with Crippen molar-refractivity contribution in [1.29, 1.82) is 0 Å². The zero-order valence-electron chi connectivity index (χ0n) is 13.4. The van der Waals surface area contributed by atoms with Crippen molar-refractivity contribution in [3.05, 3.63) is 23.3 Å². The van der Waals surface area contributed by atoms with Crippen LogP contribution in [-0.2, 0) is 0 Å². The Morgan fingerprint density at radius 1 is 1.19 bits per heavy atom. The molecule has 0 radical (unpaired) electrons. The van der Waals surface area contributed by atoms with Gasteiger partial charge >= 0.3 is 0 Å². The first-order valence-corrected chi connectivity index (χ1v) is 8.80. The second kappa shape index (κ2) is 4.45. The van der Waals surface area contributed by atoms with E-state index in [1.807, 2.05) is 6.08 Å². The molecule has 0 saturated heterocycles. The first-order chi connectivity index (χ1) is 9.95. The van der Waals surface area contributed by atoms with Crippen LogP contribution in [0.25, 0.3) is 0 Å². The van der Waals surface area contributed by atoms with Gasteiger partial charge in [-0.25, -0.2) is 0 Å². The lowest BCUT2D eigenvalue weighted by Gasteiger charge is -2.52. The highest BCUT2D eigenvalue weighted by molar-refractivity contribution is 5.38. The van der Waals surface area contributed by atoms with Crippen LogP contribution in [0.15, 0.2) is 23.3 Å². The van der Waals surface area contributed by atoms with E-state index < -0.39 is 0 Å². The molecule has 0 aromatic rings. The van der Waals surface area contributed by atoms with Gasteiger partial charge in [0, 0.05) is 11.5 Å². The minimum Gasteiger partial charge on any atom is -0.389 e. The Morgan fingerprint density at radius 2 is 2.00 bits per heavy atom. The molecular formula is C19H29NO. The third kappa shape index (κ3) is 1.78. The average molecular weight is 287 g/mol. The predicted octanol–water partition coefficient (Wildman–Crippen LogP) is 3.56. The number of aliphatic hydroxyl groups excluding tert-OH is 1. The predicted molar refractivity (Wildman–Crippen MR) is 85.7 cm³/mol. The summed E-state index contributed by atoms with van der Waals surface area (Å²) < 4.78 is 0. The summed E-state index contributed by atoms with van der Waals surface area (Å²) in [5, 5.41) is 9.97. The van der Waals surface area contributed by atoms with E-state index in [1.165, 1.54) is 38.5 Å². The van der Waals surface area contributed by atoms with Crippen molar-refractivity contribution < 1.29 is 5.11 Å². The molecule has 0 heterocycles. The molecule has 4 aliphatic carbocycles. The maximum atomic E-state index is 9.97. The number of allylic oxidation sites excluding steroid dienone is 3. The van der Waals surface area contributed by atoms with Gasteiger partial charge in [0.25, 0.3) is 0 Å². The fourth-order valence-corrected chi connectivity index (χ4v) is 6.06. The van der Waals surface area contributed by atoms with Crippen LogP contribution in [0.1, 0.15) is 58.8 Å². The van der Waals surface area contributed by atoms with Gasteiger partial charge < -0.3 is 10.8 Å². The van der Waals surface area contributed by atoms with Crippen molar-refractivity contribution in [2.75, 3.05) is 0 Å². The van der Waals surface area contributed by atoms with E-state index in [0.29, 0.717) is 17.4 Å². The van der Waals surface area contributed by atoms with Crippen LogP contribution in [0.4, 0.5) is 0 Å². The topological polar surface area (TPSA) is 46.2 Å². The Kier molecular flexibility index (Phi) is 2.97. The Bertz CT molecular complexity index is 522. The van der Waals surface area contributed by atoms with Crippen molar-refractivity contribution in [3.63, 3.8) is 0 Å². The van der Waals surface area contributed by atoms with E-state index in [-0.39, 0.29) is 11.5 Å². The minimum absolute atomic E-state index is 0.209. The lowest BCUT2D eigenvalue weighted by atomic mass is 9.53. The average Bonchev–Trinajstić information content (AvgIpc) is 2.76. The fraction of sp³-hybridized carbons (Fsp3) is 0.789. The van der Waals surface area contributed by atoms with Crippen molar-refractivity contribution in [3.8, 4) is 0 Å². The molecular weight excluding hydrogens is 258 g/mol. The smallest absolute Gasteiger partial charge is 0.0724 e. The minimum atomic E-state index is -0.223. The maximum absolute atomic E-state index is 9.97. The molecule has 0 spiro atoms. The number of nitrogens with two attached hydrogens (primary N) is 1. The number of fused-ring (bicyclic) bond motifs is 4. The molecule has 3 N–H and O–H groups in total. The molecule has 0 bridgehead atoms. The Balaban J connectivity index is 1.78. The zero-order valence-corrected chi connectivity index (χ0v) is 13.4. The summed E-state index contributed by atoms with van der Waals surface area (Å²) in [7, 11) is 0. The maximum Gasteiger partial charge on any atom is 0.0724 e. The van der Waals surface area contributed by atoms with Crippen molar-refractivity contribution >= 4 is 0 Å². The van der Waals surface area contributed by atoms with Crippen LogP contribution in [0.3, 0.4) is 0 Å². The van der Waals surface area contributed by atoms with Crippen LogP contribution in [-0.4, -0.2) is 17.3 Å². The molecule has 0 aliphatic heterocycles. The highest BCUT2D eigenvalue weighted by Crippen LogP contribution is 2.61. The van der Waals surface area contributed by atoms with E-state index in [2.05, 4.69) is 19.9 Å². The van der Waals surface area contributed by atoms with Gasteiger partial charge in [0.15, 0.2) is 0 Å². The SMILES string of the molecule is C[C@]12CCC3=C(CC[C@@H]4C[C@@H](O)C=C[C@]34C)[C@@H]1CC[C@@H]2N. The molecule has 0 aromatic heterocycles. The molecule has 1 saturated carbocycles. The number of hydrogen-bond acceptors (Lipinski definition) is 2. The van der Waals surface area contributed by atoms with Gasteiger partial charge in [-0.05, 0) is 62.2 Å². The summed E-state index contributed by atoms with van der Waals surface area (Å²) in [5.41, 5.74) is 10.5. The van der Waals surface area contributed by atoms with E-state index in [1.54, 1.807) is 11.1 Å². The Morgan fingerprint density at radius 3 is 2.81 bits per heavy atom. The zero-order chi connectivity index (χ0) is 14.8. The van der Waals surface area contributed by atoms with E-state index in [0.717, 1.165) is 12.3 Å². The highest BCUT2D eigenvalue weighted by atomic mass is 16.3. The Labute approximate surface area is 128 Å². The summed E-state index contributed by atoms with van der Waals surface area (Å²) >= 11 is 0. The molecule has 1 fully saturated rings. The molecule has 116 valence electrons. The Hall–Kier alpha value is -0.600. The van der Waals surface area contributed by atoms with Gasteiger partial charge in [-0.3, -0.25) is 0 Å². The number of rotatable bonds is 0. The van der Waals surface area contributed by atoms with E-state index in [9.17, 15) is 5.11 Å². The normalized spacial score (nSPS) is 52.4. The molecule has 0 unspecified atom stereocenters. The van der Waals surface area contributed by atoms with Gasteiger partial charge in [-0.1, -0.05) is 37.1 Å². The second-order valence-corrected chi connectivity index (χ2v) is 8.43. The summed E-state index contributed by atoms with van der Waals surface area (Å²) in [5.74, 6) is 1.37. The summed E-state index contributed by atoms with van der Waals surface area (Å²) in [6, 6.07) is 0.394. The van der Waals surface area contributed by atoms with Gasteiger partial charge in [0.05, 0.1) is 6.10 Å². The third-order valence-corrected chi connectivity index (χ3v) is 7.58.